The summed E-state index contributed by atoms with van der Waals surface area (Å²) in [7, 11) is 2.28. The molecular weight excluding hydrogens is 278 g/mol. The molecule has 2 N–H and O–H groups in total. The molecule has 1 spiro atoms. The topological polar surface area (TPSA) is 73.0 Å². The lowest BCUT2D eigenvalue weighted by Gasteiger charge is -2.45. The van der Waals surface area contributed by atoms with Crippen molar-refractivity contribution in [2.24, 2.45) is 0 Å². The summed E-state index contributed by atoms with van der Waals surface area (Å²) in [5, 5.41) is 11.6. The van der Waals surface area contributed by atoms with E-state index in [4.69, 9.17) is 0 Å². The van der Waals surface area contributed by atoms with E-state index in [0.717, 1.165) is 56.0 Å². The lowest BCUT2D eigenvalue weighted by atomic mass is 9.86. The second-order valence-electron chi connectivity index (χ2n) is 6.50. The second-order valence-corrected chi connectivity index (χ2v) is 6.50. The van der Waals surface area contributed by atoms with E-state index in [0.29, 0.717) is 0 Å². The molecule has 7 heteroatoms. The number of fused-ring (bicyclic) bond motifs is 1. The lowest BCUT2D eigenvalue weighted by Crippen LogP contribution is -2.57. The standard InChI is InChI=1S/C15H23N7/c1-21-7-2-8-22(10-15(21)3-5-16-6-4-15)14-12-9-19-20-13(12)17-11-18-14/h9,11,16H,2-8,10H2,1H3,(H,17,18,19,20). The fraction of sp³-hybridized carbons (Fsp3) is 0.667. The SMILES string of the molecule is CN1CCCN(c2ncnc3[nH]ncc23)CC12CCNCC2. The number of hydrogen-bond acceptors (Lipinski definition) is 6. The quantitative estimate of drug-likeness (QED) is 0.804. The molecule has 0 bridgehead atoms. The summed E-state index contributed by atoms with van der Waals surface area (Å²) >= 11 is 0. The van der Waals surface area contributed by atoms with Crippen LogP contribution in [0.5, 0.6) is 0 Å². The number of aromatic nitrogens is 4. The maximum atomic E-state index is 4.57. The number of nitrogens with zero attached hydrogens (tertiary/aromatic N) is 5. The molecule has 0 radical (unpaired) electrons. The van der Waals surface area contributed by atoms with Gasteiger partial charge in [0.1, 0.15) is 12.1 Å². The van der Waals surface area contributed by atoms with Crippen LogP contribution < -0.4 is 10.2 Å². The predicted molar refractivity (Wildman–Crippen MR) is 86.0 cm³/mol. The first kappa shape index (κ1) is 13.9. The van der Waals surface area contributed by atoms with Crippen LogP contribution in [0.1, 0.15) is 19.3 Å². The van der Waals surface area contributed by atoms with Crippen molar-refractivity contribution in [3.8, 4) is 0 Å². The number of hydrogen-bond donors (Lipinski definition) is 2. The van der Waals surface area contributed by atoms with Crippen LogP contribution in [0.15, 0.2) is 12.5 Å². The van der Waals surface area contributed by atoms with Crippen LogP contribution in [0.25, 0.3) is 11.0 Å². The highest BCUT2D eigenvalue weighted by Crippen LogP contribution is 2.32. The van der Waals surface area contributed by atoms with Crippen molar-refractivity contribution in [1.82, 2.24) is 30.4 Å². The van der Waals surface area contributed by atoms with E-state index in [1.54, 1.807) is 6.33 Å². The van der Waals surface area contributed by atoms with Crippen LogP contribution in [-0.4, -0.2) is 70.4 Å². The predicted octanol–water partition coefficient (Wildman–Crippen LogP) is 0.617. The highest BCUT2D eigenvalue weighted by Gasteiger charge is 2.39. The minimum Gasteiger partial charge on any atom is -0.354 e. The van der Waals surface area contributed by atoms with Crippen LogP contribution in [0.3, 0.4) is 0 Å². The third kappa shape index (κ3) is 2.24. The van der Waals surface area contributed by atoms with Crippen LogP contribution in [0.4, 0.5) is 5.82 Å². The zero-order valence-corrected chi connectivity index (χ0v) is 13.0. The van der Waals surface area contributed by atoms with E-state index in [2.05, 4.69) is 42.3 Å². The monoisotopic (exact) mass is 301 g/mol. The van der Waals surface area contributed by atoms with E-state index in [9.17, 15) is 0 Å². The number of aromatic amines is 1. The van der Waals surface area contributed by atoms with Crippen LogP contribution in [0, 0.1) is 0 Å². The van der Waals surface area contributed by atoms with Crippen molar-refractivity contribution in [1.29, 1.82) is 0 Å². The van der Waals surface area contributed by atoms with E-state index in [1.807, 2.05) is 6.20 Å². The summed E-state index contributed by atoms with van der Waals surface area (Å²) in [5.74, 6) is 1.02. The molecule has 0 saturated carbocycles. The average molecular weight is 301 g/mol. The van der Waals surface area contributed by atoms with Gasteiger partial charge in [-0.25, -0.2) is 9.97 Å². The summed E-state index contributed by atoms with van der Waals surface area (Å²) in [6, 6.07) is 0. The first-order valence-corrected chi connectivity index (χ1v) is 8.09. The summed E-state index contributed by atoms with van der Waals surface area (Å²) in [6.07, 6.45) is 7.03. The first-order chi connectivity index (χ1) is 10.8. The molecule has 0 aromatic carbocycles. The Morgan fingerprint density at radius 2 is 2.05 bits per heavy atom. The molecule has 2 aromatic rings. The van der Waals surface area contributed by atoms with Gasteiger partial charge in [0.25, 0.3) is 0 Å². The van der Waals surface area contributed by atoms with Gasteiger partial charge >= 0.3 is 0 Å². The molecule has 2 aliphatic heterocycles. The van der Waals surface area contributed by atoms with Crippen molar-refractivity contribution >= 4 is 16.9 Å². The molecule has 118 valence electrons. The number of likely N-dealkylation sites (N-methyl/N-ethyl adjacent to an activating group) is 1. The smallest absolute Gasteiger partial charge is 0.160 e. The van der Waals surface area contributed by atoms with Gasteiger partial charge in [0.05, 0.1) is 11.6 Å². The molecule has 22 heavy (non-hydrogen) atoms. The number of H-pyrrole nitrogens is 1. The minimum atomic E-state index is 0.253. The number of nitrogens with one attached hydrogen (secondary N) is 2. The van der Waals surface area contributed by atoms with Gasteiger partial charge in [-0.1, -0.05) is 0 Å². The summed E-state index contributed by atoms with van der Waals surface area (Å²) < 4.78 is 0. The van der Waals surface area contributed by atoms with Gasteiger partial charge in [-0.2, -0.15) is 5.10 Å². The average Bonchev–Trinajstić information content (AvgIpc) is 2.97. The zero-order chi connectivity index (χ0) is 15.0. The molecule has 2 saturated heterocycles. The van der Waals surface area contributed by atoms with Gasteiger partial charge in [0.2, 0.25) is 0 Å². The normalized spacial score (nSPS) is 23.0. The minimum absolute atomic E-state index is 0.253. The number of anilines is 1. The molecule has 0 amide bonds. The Bertz CT molecular complexity index is 646. The number of rotatable bonds is 1. The van der Waals surface area contributed by atoms with Gasteiger partial charge in [0.15, 0.2) is 5.65 Å². The molecule has 4 heterocycles. The summed E-state index contributed by atoms with van der Waals surface area (Å²) in [5.41, 5.74) is 1.07. The van der Waals surface area contributed by atoms with Crippen LogP contribution in [-0.2, 0) is 0 Å². The van der Waals surface area contributed by atoms with Crippen molar-refractivity contribution in [3.05, 3.63) is 12.5 Å². The molecule has 2 aliphatic rings. The number of piperidine rings is 1. The Hall–Kier alpha value is -1.73. The fourth-order valence-electron chi connectivity index (χ4n) is 3.91. The third-order valence-electron chi connectivity index (χ3n) is 5.28. The molecule has 0 aliphatic carbocycles. The van der Waals surface area contributed by atoms with E-state index < -0.39 is 0 Å². The molecule has 2 aromatic heterocycles. The second kappa shape index (κ2) is 5.48. The largest absolute Gasteiger partial charge is 0.354 e. The molecule has 0 unspecified atom stereocenters. The van der Waals surface area contributed by atoms with E-state index in [1.165, 1.54) is 12.8 Å². The molecular formula is C15H23N7. The van der Waals surface area contributed by atoms with Crippen LogP contribution in [0.2, 0.25) is 0 Å². The van der Waals surface area contributed by atoms with Gasteiger partial charge in [-0.15, -0.1) is 0 Å². The molecule has 4 rings (SSSR count). The maximum Gasteiger partial charge on any atom is 0.160 e. The molecule has 7 nitrogen and oxygen atoms in total. The van der Waals surface area contributed by atoms with Crippen LogP contribution >= 0.6 is 0 Å². The Balaban J connectivity index is 1.70. The van der Waals surface area contributed by atoms with Gasteiger partial charge in [-0.05, 0) is 39.4 Å². The van der Waals surface area contributed by atoms with Crippen molar-refractivity contribution in [2.45, 2.75) is 24.8 Å². The summed E-state index contributed by atoms with van der Waals surface area (Å²) in [4.78, 5) is 13.8. The summed E-state index contributed by atoms with van der Waals surface area (Å²) in [6.45, 7) is 5.42. The highest BCUT2D eigenvalue weighted by molar-refractivity contribution is 5.86. The zero-order valence-electron chi connectivity index (χ0n) is 13.0. The highest BCUT2D eigenvalue weighted by atomic mass is 15.3. The lowest BCUT2D eigenvalue weighted by molar-refractivity contribution is 0.0980. The van der Waals surface area contributed by atoms with Gasteiger partial charge in [-0.3, -0.25) is 10.00 Å². The van der Waals surface area contributed by atoms with E-state index in [-0.39, 0.29) is 5.54 Å². The van der Waals surface area contributed by atoms with Crippen molar-refractivity contribution < 1.29 is 0 Å². The van der Waals surface area contributed by atoms with Gasteiger partial charge in [0, 0.05) is 25.2 Å². The molecule has 2 fully saturated rings. The Kier molecular flexibility index (Phi) is 3.46. The van der Waals surface area contributed by atoms with Crippen molar-refractivity contribution in [2.75, 3.05) is 44.7 Å². The Morgan fingerprint density at radius 3 is 2.91 bits per heavy atom. The molecule has 0 atom stereocenters. The Morgan fingerprint density at radius 1 is 1.18 bits per heavy atom. The fourth-order valence-corrected chi connectivity index (χ4v) is 3.91. The Labute approximate surface area is 130 Å². The maximum absolute atomic E-state index is 4.57. The van der Waals surface area contributed by atoms with Gasteiger partial charge < -0.3 is 10.2 Å². The third-order valence-corrected chi connectivity index (χ3v) is 5.28. The first-order valence-electron chi connectivity index (χ1n) is 8.09. The van der Waals surface area contributed by atoms with E-state index >= 15 is 0 Å². The van der Waals surface area contributed by atoms with Crippen molar-refractivity contribution in [3.63, 3.8) is 0 Å².